The number of piperidine rings is 1. The van der Waals surface area contributed by atoms with Crippen LogP contribution < -0.4 is 10.6 Å². The third kappa shape index (κ3) is 3.32. The molecule has 32 heavy (non-hydrogen) atoms. The molecule has 1 atom stereocenters. The minimum Gasteiger partial charge on any atom is -0.361 e. The van der Waals surface area contributed by atoms with Crippen LogP contribution in [0.5, 0.6) is 0 Å². The van der Waals surface area contributed by atoms with Crippen LogP contribution in [0.1, 0.15) is 47.2 Å². The lowest BCUT2D eigenvalue weighted by Gasteiger charge is -2.32. The van der Waals surface area contributed by atoms with Gasteiger partial charge in [-0.2, -0.15) is 0 Å². The van der Waals surface area contributed by atoms with E-state index >= 15 is 0 Å². The van der Waals surface area contributed by atoms with E-state index in [2.05, 4.69) is 15.6 Å². The molecule has 0 spiro atoms. The average molecular weight is 434 g/mol. The number of likely N-dealkylation sites (tertiary alicyclic amines) is 1. The minimum atomic E-state index is -1.20. The summed E-state index contributed by atoms with van der Waals surface area (Å²) in [6, 6.07) is 11.0. The summed E-state index contributed by atoms with van der Waals surface area (Å²) < 4.78 is 13.7. The fourth-order valence-electron chi connectivity index (χ4n) is 4.74. The van der Waals surface area contributed by atoms with Crippen molar-refractivity contribution >= 4 is 28.7 Å². The van der Waals surface area contributed by atoms with Gasteiger partial charge in [0.05, 0.1) is 0 Å². The molecule has 0 radical (unpaired) electrons. The van der Waals surface area contributed by atoms with E-state index < -0.39 is 17.5 Å². The number of carbonyl (C=O) groups excluding carboxylic acids is 3. The number of rotatable bonds is 3. The first-order chi connectivity index (χ1) is 15.3. The SMILES string of the molecule is CC1(c2cccc(C(=O)N3CCC(c4c[nH]c5ccc(F)cc45)CC3)c2)NC(=O)NC1=O. The molecule has 2 saturated heterocycles. The molecule has 8 heteroatoms. The van der Waals surface area contributed by atoms with Gasteiger partial charge in [-0.15, -0.1) is 0 Å². The van der Waals surface area contributed by atoms with Crippen LogP contribution in [0.15, 0.2) is 48.7 Å². The molecule has 7 nitrogen and oxygen atoms in total. The van der Waals surface area contributed by atoms with Gasteiger partial charge >= 0.3 is 6.03 Å². The van der Waals surface area contributed by atoms with Gasteiger partial charge in [0.1, 0.15) is 11.4 Å². The van der Waals surface area contributed by atoms with Crippen LogP contribution in [0.2, 0.25) is 0 Å². The van der Waals surface area contributed by atoms with Crippen molar-refractivity contribution in [1.82, 2.24) is 20.5 Å². The minimum absolute atomic E-state index is 0.108. The zero-order valence-corrected chi connectivity index (χ0v) is 17.6. The van der Waals surface area contributed by atoms with Crippen molar-refractivity contribution in [3.05, 3.63) is 71.2 Å². The molecule has 0 bridgehead atoms. The molecule has 164 valence electrons. The highest BCUT2D eigenvalue weighted by Gasteiger charge is 2.43. The fraction of sp³-hybridized carbons (Fsp3) is 0.292. The molecular formula is C24H23FN4O3. The number of nitrogens with one attached hydrogen (secondary N) is 3. The number of aromatic amines is 1. The molecule has 3 aromatic rings. The van der Waals surface area contributed by atoms with Crippen LogP contribution in [-0.4, -0.2) is 40.8 Å². The standard InChI is InChI=1S/C24H23FN4O3/c1-24(22(31)27-23(32)28-24)16-4-2-3-15(11-16)21(30)29-9-7-14(8-10-29)19-13-26-20-6-5-17(25)12-18(19)20/h2-6,11-14,26H,7-10H2,1H3,(H2,27,28,31,32). The lowest BCUT2D eigenvalue weighted by Crippen LogP contribution is -2.41. The Hall–Kier alpha value is -3.68. The highest BCUT2D eigenvalue weighted by Crippen LogP contribution is 2.34. The van der Waals surface area contributed by atoms with Crippen molar-refractivity contribution in [3.8, 4) is 0 Å². The summed E-state index contributed by atoms with van der Waals surface area (Å²) in [5.41, 5.74) is 1.83. The van der Waals surface area contributed by atoms with Crippen LogP contribution in [0, 0.1) is 5.82 Å². The van der Waals surface area contributed by atoms with Gasteiger partial charge in [-0.1, -0.05) is 12.1 Å². The van der Waals surface area contributed by atoms with E-state index in [-0.39, 0.29) is 17.6 Å². The Morgan fingerprint density at radius 3 is 2.62 bits per heavy atom. The zero-order chi connectivity index (χ0) is 22.5. The van der Waals surface area contributed by atoms with Crippen molar-refractivity contribution < 1.29 is 18.8 Å². The lowest BCUT2D eigenvalue weighted by atomic mass is 9.88. The van der Waals surface area contributed by atoms with Gasteiger partial charge in [0.2, 0.25) is 0 Å². The summed E-state index contributed by atoms with van der Waals surface area (Å²) in [6.45, 7) is 2.79. The summed E-state index contributed by atoms with van der Waals surface area (Å²) in [7, 11) is 0. The highest BCUT2D eigenvalue weighted by atomic mass is 19.1. The molecule has 2 aliphatic heterocycles. The van der Waals surface area contributed by atoms with Gasteiger partial charge in [0.15, 0.2) is 0 Å². The smallest absolute Gasteiger partial charge is 0.322 e. The number of urea groups is 1. The number of carbonyl (C=O) groups is 3. The molecule has 2 fully saturated rings. The number of aromatic nitrogens is 1. The molecule has 1 unspecified atom stereocenters. The van der Waals surface area contributed by atoms with E-state index in [1.807, 2.05) is 6.20 Å². The number of halogens is 1. The summed E-state index contributed by atoms with van der Waals surface area (Å²) in [6.07, 6.45) is 3.51. The monoisotopic (exact) mass is 434 g/mol. The molecule has 4 amide bonds. The number of nitrogens with zero attached hydrogens (tertiary/aromatic N) is 1. The van der Waals surface area contributed by atoms with Crippen LogP contribution in [0.25, 0.3) is 10.9 Å². The van der Waals surface area contributed by atoms with Gasteiger partial charge in [-0.25, -0.2) is 9.18 Å². The van der Waals surface area contributed by atoms with Gasteiger partial charge < -0.3 is 15.2 Å². The molecule has 1 aromatic heterocycles. The number of hydrogen-bond acceptors (Lipinski definition) is 3. The van der Waals surface area contributed by atoms with Gasteiger partial charge in [-0.3, -0.25) is 14.9 Å². The molecule has 2 aliphatic rings. The maximum Gasteiger partial charge on any atom is 0.322 e. The number of amides is 4. The first-order valence-electron chi connectivity index (χ1n) is 10.6. The Bertz CT molecular complexity index is 1250. The van der Waals surface area contributed by atoms with E-state index in [1.165, 1.54) is 6.07 Å². The third-order valence-corrected chi connectivity index (χ3v) is 6.63. The lowest BCUT2D eigenvalue weighted by molar-refractivity contribution is -0.123. The second-order valence-electron chi connectivity index (χ2n) is 8.61. The Labute approximate surface area is 184 Å². The fourth-order valence-corrected chi connectivity index (χ4v) is 4.74. The number of fused-ring (bicyclic) bond motifs is 1. The second kappa shape index (κ2) is 7.47. The predicted octanol–water partition coefficient (Wildman–Crippen LogP) is 3.38. The number of benzene rings is 2. The van der Waals surface area contributed by atoms with Crippen LogP contribution >= 0.6 is 0 Å². The number of H-pyrrole nitrogens is 1. The average Bonchev–Trinajstić information content (AvgIpc) is 3.33. The largest absolute Gasteiger partial charge is 0.361 e. The Morgan fingerprint density at radius 1 is 1.12 bits per heavy atom. The summed E-state index contributed by atoms with van der Waals surface area (Å²) in [4.78, 5) is 42.0. The van der Waals surface area contributed by atoms with Crippen molar-refractivity contribution in [3.63, 3.8) is 0 Å². The van der Waals surface area contributed by atoms with E-state index in [1.54, 1.807) is 48.2 Å². The summed E-state index contributed by atoms with van der Waals surface area (Å²) in [5, 5.41) is 5.77. The topological polar surface area (TPSA) is 94.3 Å². The van der Waals surface area contributed by atoms with Crippen molar-refractivity contribution in [2.75, 3.05) is 13.1 Å². The maximum atomic E-state index is 13.7. The zero-order valence-electron chi connectivity index (χ0n) is 17.6. The van der Waals surface area contributed by atoms with Crippen LogP contribution in [0.3, 0.4) is 0 Å². The molecule has 3 heterocycles. The highest BCUT2D eigenvalue weighted by molar-refractivity contribution is 6.07. The van der Waals surface area contributed by atoms with Crippen molar-refractivity contribution in [2.45, 2.75) is 31.2 Å². The Morgan fingerprint density at radius 2 is 1.91 bits per heavy atom. The predicted molar refractivity (Wildman–Crippen MR) is 117 cm³/mol. The van der Waals surface area contributed by atoms with Crippen LogP contribution in [0.4, 0.5) is 9.18 Å². The Kier molecular flexibility index (Phi) is 4.73. The first kappa shape index (κ1) is 20.2. The number of imide groups is 1. The van der Waals surface area contributed by atoms with E-state index in [0.717, 1.165) is 29.3 Å². The van der Waals surface area contributed by atoms with E-state index in [9.17, 15) is 18.8 Å². The van der Waals surface area contributed by atoms with Gasteiger partial charge in [-0.05, 0) is 67.1 Å². The molecule has 5 rings (SSSR count). The van der Waals surface area contributed by atoms with Gasteiger partial charge in [0, 0.05) is 35.8 Å². The molecule has 0 saturated carbocycles. The second-order valence-corrected chi connectivity index (χ2v) is 8.61. The van der Waals surface area contributed by atoms with Crippen LogP contribution in [-0.2, 0) is 10.3 Å². The van der Waals surface area contributed by atoms with Crippen molar-refractivity contribution in [1.29, 1.82) is 0 Å². The molecule has 0 aliphatic carbocycles. The molecular weight excluding hydrogens is 411 g/mol. The molecule has 3 N–H and O–H groups in total. The quantitative estimate of drug-likeness (QED) is 0.552. The Balaban J connectivity index is 1.31. The number of hydrogen-bond donors (Lipinski definition) is 3. The maximum absolute atomic E-state index is 13.7. The van der Waals surface area contributed by atoms with E-state index in [4.69, 9.17) is 0 Å². The molecule has 2 aromatic carbocycles. The van der Waals surface area contributed by atoms with Crippen molar-refractivity contribution in [2.24, 2.45) is 0 Å². The summed E-state index contributed by atoms with van der Waals surface area (Å²) >= 11 is 0. The van der Waals surface area contributed by atoms with Gasteiger partial charge in [0.25, 0.3) is 11.8 Å². The summed E-state index contributed by atoms with van der Waals surface area (Å²) in [5.74, 6) is -0.560. The normalized spacial score (nSPS) is 21.6. The first-order valence-corrected chi connectivity index (χ1v) is 10.6. The van der Waals surface area contributed by atoms with E-state index in [0.29, 0.717) is 24.2 Å². The third-order valence-electron chi connectivity index (χ3n) is 6.63.